The normalized spacial score (nSPS) is 10.6. The molecular formula is C5H8BaO6S. The van der Waals surface area contributed by atoms with Crippen LogP contribution in [0.4, 0.5) is 0 Å². The molecule has 0 saturated heterocycles. The van der Waals surface area contributed by atoms with Crippen molar-refractivity contribution in [2.45, 2.75) is 13.8 Å². The van der Waals surface area contributed by atoms with Gasteiger partial charge in [-0.05, 0) is 13.8 Å². The Morgan fingerprint density at radius 2 is 1.62 bits per heavy atom. The van der Waals surface area contributed by atoms with E-state index in [1.54, 1.807) is 19.9 Å². The Bertz CT molecular complexity index is 259. The monoisotopic (exact) mass is 334 g/mol. The zero-order valence-electron chi connectivity index (χ0n) is 7.18. The average molecular weight is 334 g/mol. The van der Waals surface area contributed by atoms with Crippen LogP contribution in [0.25, 0.3) is 0 Å². The number of carbonyl (C=O) groups is 1. The number of hydrogen-bond donors (Lipinski definition) is 1. The van der Waals surface area contributed by atoms with E-state index < -0.39 is 16.4 Å². The van der Waals surface area contributed by atoms with Crippen molar-refractivity contribution in [3.8, 4) is 0 Å². The van der Waals surface area contributed by atoms with Crippen molar-refractivity contribution < 1.29 is 27.4 Å². The van der Waals surface area contributed by atoms with Gasteiger partial charge in [-0.1, -0.05) is 6.08 Å². The standard InChI is InChI=1S/C5H8O2.Ba.H2O4S/c1-3-4(2)5(6)7;;1-5(2,3)4/h3H,1-2H3,(H,6,7);;(H2,1,2,3,4)/q;+2;/p-2. The Morgan fingerprint density at radius 3 is 1.62 bits per heavy atom. The smallest absolute Gasteiger partial charge is 0.759 e. The van der Waals surface area contributed by atoms with Gasteiger partial charge in [0, 0.05) is 16.0 Å². The zero-order valence-corrected chi connectivity index (χ0v) is 12.4. The van der Waals surface area contributed by atoms with Gasteiger partial charge in [-0.2, -0.15) is 0 Å². The maximum atomic E-state index is 9.86. The largest absolute Gasteiger partial charge is 2.00 e. The molecule has 0 unspecified atom stereocenters. The SMILES string of the molecule is CC=C(C)C(=O)O.O=S(=O)([O-])[O-].[Ba+2]. The maximum absolute atomic E-state index is 9.86. The maximum Gasteiger partial charge on any atom is 2.00 e. The van der Waals surface area contributed by atoms with Gasteiger partial charge >= 0.3 is 54.9 Å². The van der Waals surface area contributed by atoms with E-state index in [9.17, 15) is 4.79 Å². The van der Waals surface area contributed by atoms with Gasteiger partial charge in [0.25, 0.3) is 0 Å². The van der Waals surface area contributed by atoms with Crippen LogP contribution in [0.2, 0.25) is 0 Å². The van der Waals surface area contributed by atoms with Crippen LogP contribution in [0.3, 0.4) is 0 Å². The van der Waals surface area contributed by atoms with Gasteiger partial charge in [-0.3, -0.25) is 8.42 Å². The third-order valence-corrected chi connectivity index (χ3v) is 0.770. The van der Waals surface area contributed by atoms with Gasteiger partial charge < -0.3 is 14.2 Å². The Hall–Kier alpha value is 0.651. The average Bonchev–Trinajstić information content (AvgIpc) is 1.82. The van der Waals surface area contributed by atoms with Crippen molar-refractivity contribution in [1.82, 2.24) is 0 Å². The molecule has 0 aromatic carbocycles. The van der Waals surface area contributed by atoms with E-state index in [1.807, 2.05) is 0 Å². The summed E-state index contributed by atoms with van der Waals surface area (Å²) in [6.07, 6.45) is 1.56. The molecule has 13 heavy (non-hydrogen) atoms. The van der Waals surface area contributed by atoms with Crippen molar-refractivity contribution in [1.29, 1.82) is 0 Å². The van der Waals surface area contributed by atoms with Crippen LogP contribution in [0.15, 0.2) is 11.6 Å². The first-order chi connectivity index (χ1) is 5.18. The molecule has 0 radical (unpaired) electrons. The van der Waals surface area contributed by atoms with Crippen LogP contribution < -0.4 is 0 Å². The fourth-order valence-electron chi connectivity index (χ4n) is 0.123. The van der Waals surface area contributed by atoms with E-state index in [2.05, 4.69) is 0 Å². The van der Waals surface area contributed by atoms with Crippen LogP contribution >= 0.6 is 0 Å². The molecule has 0 aliphatic carbocycles. The fraction of sp³-hybridized carbons (Fsp3) is 0.400. The minimum Gasteiger partial charge on any atom is -0.759 e. The summed E-state index contributed by atoms with van der Waals surface area (Å²) >= 11 is 0. The summed E-state index contributed by atoms with van der Waals surface area (Å²) in [4.78, 5) is 9.86. The second kappa shape index (κ2) is 9.22. The van der Waals surface area contributed by atoms with Gasteiger partial charge in [0.05, 0.1) is 0 Å². The molecule has 0 aliphatic heterocycles. The first-order valence-corrected chi connectivity index (χ1v) is 4.04. The van der Waals surface area contributed by atoms with E-state index in [0.29, 0.717) is 5.57 Å². The van der Waals surface area contributed by atoms with Crippen molar-refractivity contribution in [2.24, 2.45) is 0 Å². The summed E-state index contributed by atoms with van der Waals surface area (Å²) in [6.45, 7) is 3.26. The molecule has 0 spiro atoms. The Balaban J connectivity index is -0.000000150. The fourth-order valence-corrected chi connectivity index (χ4v) is 0.123. The van der Waals surface area contributed by atoms with Crippen molar-refractivity contribution in [3.05, 3.63) is 11.6 Å². The molecule has 0 rings (SSSR count). The number of rotatable bonds is 1. The molecule has 0 aromatic rings. The van der Waals surface area contributed by atoms with Gasteiger partial charge in [-0.25, -0.2) is 4.79 Å². The van der Waals surface area contributed by atoms with Crippen LogP contribution in [-0.4, -0.2) is 77.5 Å². The number of carboxylic acids is 1. The second-order valence-corrected chi connectivity index (χ2v) is 2.50. The van der Waals surface area contributed by atoms with Crippen LogP contribution in [0.5, 0.6) is 0 Å². The minimum atomic E-state index is -5.17. The molecule has 0 atom stereocenters. The number of hydrogen-bond acceptors (Lipinski definition) is 5. The van der Waals surface area contributed by atoms with Gasteiger partial charge in [0.15, 0.2) is 0 Å². The number of allylic oxidation sites excluding steroid dienone is 1. The second-order valence-electron chi connectivity index (χ2n) is 1.69. The van der Waals surface area contributed by atoms with Crippen molar-refractivity contribution >= 4 is 65.2 Å². The summed E-state index contributed by atoms with van der Waals surface area (Å²) in [6, 6.07) is 0. The molecular weight excluding hydrogens is 325 g/mol. The molecule has 6 nitrogen and oxygen atoms in total. The van der Waals surface area contributed by atoms with E-state index >= 15 is 0 Å². The van der Waals surface area contributed by atoms with Crippen LogP contribution in [0, 0.1) is 0 Å². The van der Waals surface area contributed by atoms with Crippen molar-refractivity contribution in [3.63, 3.8) is 0 Å². The van der Waals surface area contributed by atoms with Gasteiger partial charge in [-0.15, -0.1) is 0 Å². The molecule has 0 amide bonds. The van der Waals surface area contributed by atoms with Crippen molar-refractivity contribution in [2.75, 3.05) is 0 Å². The summed E-state index contributed by atoms with van der Waals surface area (Å²) in [5.41, 5.74) is 0.389. The predicted octanol–water partition coefficient (Wildman–Crippen LogP) is -0.682. The zero-order chi connectivity index (χ0) is 10.4. The van der Waals surface area contributed by atoms with E-state index in [0.717, 1.165) is 0 Å². The van der Waals surface area contributed by atoms with Crippen LogP contribution in [0.1, 0.15) is 13.8 Å². The van der Waals surface area contributed by atoms with E-state index in [-0.39, 0.29) is 48.9 Å². The summed E-state index contributed by atoms with van der Waals surface area (Å²) in [7, 11) is -5.17. The third-order valence-electron chi connectivity index (χ3n) is 0.770. The third kappa shape index (κ3) is 32.4. The summed E-state index contributed by atoms with van der Waals surface area (Å²) in [5, 5.41) is 8.11. The predicted molar refractivity (Wildman–Crippen MR) is 43.3 cm³/mol. The molecule has 8 heteroatoms. The first kappa shape index (κ1) is 19.3. The first-order valence-electron chi connectivity index (χ1n) is 2.71. The molecule has 0 aromatic heterocycles. The molecule has 72 valence electrons. The van der Waals surface area contributed by atoms with Gasteiger partial charge in [0.2, 0.25) is 0 Å². The van der Waals surface area contributed by atoms with E-state index in [4.69, 9.17) is 22.6 Å². The number of carboxylic acid groups (broad SMARTS) is 1. The Morgan fingerprint density at radius 1 is 1.38 bits per heavy atom. The minimum absolute atomic E-state index is 0. The van der Waals surface area contributed by atoms with E-state index in [1.165, 1.54) is 0 Å². The van der Waals surface area contributed by atoms with Crippen LogP contribution in [-0.2, 0) is 15.2 Å². The Kier molecular flexibility index (Phi) is 13.7. The quantitative estimate of drug-likeness (QED) is 0.294. The van der Waals surface area contributed by atoms with Gasteiger partial charge in [0.1, 0.15) is 0 Å². The topological polar surface area (TPSA) is 118 Å². The molecule has 0 fully saturated rings. The molecule has 0 saturated carbocycles. The molecule has 0 heterocycles. The number of aliphatic carboxylic acids is 1. The molecule has 0 bridgehead atoms. The molecule has 1 N–H and O–H groups in total. The summed E-state index contributed by atoms with van der Waals surface area (Å²) < 4.78 is 34.1. The molecule has 0 aliphatic rings. The Labute approximate surface area is 117 Å². The summed E-state index contributed by atoms with van der Waals surface area (Å²) in [5.74, 6) is -0.845.